The maximum Gasteiger partial charge on any atom is 0.253 e. The van der Waals surface area contributed by atoms with E-state index in [2.05, 4.69) is 0 Å². The highest BCUT2D eigenvalue weighted by Gasteiger charge is 2.12. The highest BCUT2D eigenvalue weighted by Crippen LogP contribution is 2.25. The van der Waals surface area contributed by atoms with Gasteiger partial charge in [-0.25, -0.2) is 0 Å². The fourth-order valence-corrected chi connectivity index (χ4v) is 2.48. The van der Waals surface area contributed by atoms with E-state index in [0.717, 1.165) is 5.56 Å². The molecule has 0 unspecified atom stereocenters. The maximum absolute atomic E-state index is 12.5. The van der Waals surface area contributed by atoms with E-state index in [4.69, 9.17) is 14.6 Å². The van der Waals surface area contributed by atoms with Gasteiger partial charge in [-0.3, -0.25) is 9.59 Å². The first kappa shape index (κ1) is 20.2. The zero-order chi connectivity index (χ0) is 19.8. The summed E-state index contributed by atoms with van der Waals surface area (Å²) in [5.41, 5.74) is 1.71. The molecule has 0 bridgehead atoms. The van der Waals surface area contributed by atoms with Crippen LogP contribution in [0.25, 0.3) is 6.08 Å². The van der Waals surface area contributed by atoms with Crippen molar-refractivity contribution in [2.24, 2.45) is 0 Å². The van der Waals surface area contributed by atoms with Crippen LogP contribution in [0.3, 0.4) is 0 Å². The van der Waals surface area contributed by atoms with Crippen LogP contribution in [0.4, 0.5) is 0 Å². The highest BCUT2D eigenvalue weighted by molar-refractivity contribution is 6.09. The Labute approximate surface area is 158 Å². The van der Waals surface area contributed by atoms with E-state index in [1.54, 1.807) is 55.6 Å². The number of aliphatic hydroxyl groups excluding tert-OH is 1. The fourth-order valence-electron chi connectivity index (χ4n) is 2.48. The molecule has 0 aliphatic heterocycles. The van der Waals surface area contributed by atoms with Gasteiger partial charge in [0.25, 0.3) is 5.91 Å². The molecule has 6 nitrogen and oxygen atoms in total. The zero-order valence-corrected chi connectivity index (χ0v) is 15.6. The van der Waals surface area contributed by atoms with Crippen LogP contribution >= 0.6 is 0 Å². The lowest BCUT2D eigenvalue weighted by Gasteiger charge is -2.15. The maximum atomic E-state index is 12.5. The predicted octanol–water partition coefficient (Wildman–Crippen LogP) is 2.66. The molecule has 0 aromatic heterocycles. The number of carbonyl (C=O) groups excluding carboxylic acids is 2. The van der Waals surface area contributed by atoms with E-state index < -0.39 is 0 Å². The van der Waals surface area contributed by atoms with E-state index in [9.17, 15) is 9.59 Å². The molecule has 0 spiro atoms. The van der Waals surface area contributed by atoms with Gasteiger partial charge >= 0.3 is 0 Å². The van der Waals surface area contributed by atoms with Crippen LogP contribution in [0.5, 0.6) is 11.5 Å². The third kappa shape index (κ3) is 5.18. The average Bonchev–Trinajstić information content (AvgIpc) is 2.71. The molecule has 0 radical (unpaired) electrons. The van der Waals surface area contributed by atoms with E-state index in [-0.39, 0.29) is 24.8 Å². The molecule has 27 heavy (non-hydrogen) atoms. The number of aliphatic hydroxyl groups is 1. The van der Waals surface area contributed by atoms with Crippen LogP contribution in [0, 0.1) is 0 Å². The van der Waals surface area contributed by atoms with Crippen molar-refractivity contribution in [2.75, 3.05) is 34.4 Å². The number of likely N-dealkylation sites (N-methyl/N-ethyl adjacent to an activating group) is 1. The summed E-state index contributed by atoms with van der Waals surface area (Å²) in [5.74, 6) is 0.658. The minimum Gasteiger partial charge on any atom is -0.497 e. The SMILES string of the molecule is COc1ccc(OC)c(C(=O)/C=C/c2ccc(C(=O)N(C)CCO)cc2)c1. The molecule has 142 valence electrons. The van der Waals surface area contributed by atoms with Crippen molar-refractivity contribution in [2.45, 2.75) is 0 Å². The van der Waals surface area contributed by atoms with Crippen LogP contribution in [0.1, 0.15) is 26.3 Å². The van der Waals surface area contributed by atoms with Crippen LogP contribution in [0.2, 0.25) is 0 Å². The summed E-state index contributed by atoms with van der Waals surface area (Å²) < 4.78 is 10.4. The largest absolute Gasteiger partial charge is 0.497 e. The second-order valence-electron chi connectivity index (χ2n) is 5.84. The number of hydrogen-bond donors (Lipinski definition) is 1. The number of methoxy groups -OCH3 is 2. The Morgan fingerprint density at radius 2 is 1.78 bits per heavy atom. The van der Waals surface area contributed by atoms with Gasteiger partial charge in [0.1, 0.15) is 11.5 Å². The number of hydrogen-bond acceptors (Lipinski definition) is 5. The minimum atomic E-state index is -0.214. The molecule has 6 heteroatoms. The predicted molar refractivity (Wildman–Crippen MR) is 103 cm³/mol. The van der Waals surface area contributed by atoms with Gasteiger partial charge in [0, 0.05) is 19.2 Å². The number of allylic oxidation sites excluding steroid dienone is 1. The summed E-state index contributed by atoms with van der Waals surface area (Å²) >= 11 is 0. The lowest BCUT2D eigenvalue weighted by Crippen LogP contribution is -2.29. The van der Waals surface area contributed by atoms with E-state index in [1.165, 1.54) is 25.2 Å². The molecule has 2 aromatic carbocycles. The van der Waals surface area contributed by atoms with E-state index in [1.807, 2.05) is 0 Å². The van der Waals surface area contributed by atoms with Crippen molar-refractivity contribution < 1.29 is 24.2 Å². The Bertz CT molecular complexity index is 827. The minimum absolute atomic E-state index is 0.0844. The molecule has 0 heterocycles. The van der Waals surface area contributed by atoms with E-state index in [0.29, 0.717) is 22.6 Å². The molecule has 0 saturated heterocycles. The van der Waals surface area contributed by atoms with Gasteiger partial charge in [0.15, 0.2) is 5.78 Å². The second kappa shape index (κ2) is 9.54. The molecule has 2 rings (SSSR count). The summed E-state index contributed by atoms with van der Waals surface area (Å²) in [6.07, 6.45) is 3.12. The van der Waals surface area contributed by atoms with Crippen molar-refractivity contribution in [1.29, 1.82) is 0 Å². The normalized spacial score (nSPS) is 10.7. The first-order valence-electron chi connectivity index (χ1n) is 8.41. The van der Waals surface area contributed by atoms with Gasteiger partial charge in [-0.05, 0) is 42.0 Å². The monoisotopic (exact) mass is 369 g/mol. The molecule has 1 amide bonds. The Balaban J connectivity index is 2.14. The molecule has 0 aliphatic rings. The summed E-state index contributed by atoms with van der Waals surface area (Å²) in [6, 6.07) is 11.9. The smallest absolute Gasteiger partial charge is 0.253 e. The fraction of sp³-hybridized carbons (Fsp3) is 0.238. The second-order valence-corrected chi connectivity index (χ2v) is 5.84. The molecule has 0 saturated carbocycles. The number of amides is 1. The average molecular weight is 369 g/mol. The molecule has 0 atom stereocenters. The van der Waals surface area contributed by atoms with Crippen LogP contribution in [-0.4, -0.2) is 56.1 Å². The topological polar surface area (TPSA) is 76.1 Å². The Kier molecular flexibility index (Phi) is 7.14. The van der Waals surface area contributed by atoms with Crippen molar-refractivity contribution in [3.05, 3.63) is 65.2 Å². The van der Waals surface area contributed by atoms with Gasteiger partial charge < -0.3 is 19.5 Å². The Morgan fingerprint density at radius 1 is 1.07 bits per heavy atom. The number of nitrogens with zero attached hydrogens (tertiary/aromatic N) is 1. The molecular weight excluding hydrogens is 346 g/mol. The van der Waals surface area contributed by atoms with Crippen molar-refractivity contribution >= 4 is 17.8 Å². The van der Waals surface area contributed by atoms with Crippen molar-refractivity contribution in [1.82, 2.24) is 4.90 Å². The Morgan fingerprint density at radius 3 is 2.37 bits per heavy atom. The van der Waals surface area contributed by atoms with Crippen molar-refractivity contribution in [3.8, 4) is 11.5 Å². The molecule has 2 aromatic rings. The van der Waals surface area contributed by atoms with Gasteiger partial charge in [-0.2, -0.15) is 0 Å². The lowest BCUT2D eigenvalue weighted by atomic mass is 10.1. The standard InChI is InChI=1S/C21H23NO5/c1-22(12-13-23)21(25)16-7-4-15(5-8-16)6-10-19(24)18-14-17(26-2)9-11-20(18)27-3/h4-11,14,23H,12-13H2,1-3H3/b10-6+. The summed E-state index contributed by atoms with van der Waals surface area (Å²) in [4.78, 5) is 26.1. The zero-order valence-electron chi connectivity index (χ0n) is 15.6. The number of rotatable bonds is 8. The van der Waals surface area contributed by atoms with Gasteiger partial charge in [-0.1, -0.05) is 18.2 Å². The van der Waals surface area contributed by atoms with Crippen molar-refractivity contribution in [3.63, 3.8) is 0 Å². The number of ketones is 1. The Hall–Kier alpha value is -3.12. The van der Waals surface area contributed by atoms with E-state index >= 15 is 0 Å². The summed E-state index contributed by atoms with van der Waals surface area (Å²) in [7, 11) is 4.67. The quantitative estimate of drug-likeness (QED) is 0.572. The van der Waals surface area contributed by atoms with Gasteiger partial charge in [-0.15, -0.1) is 0 Å². The third-order valence-electron chi connectivity index (χ3n) is 4.04. The molecule has 0 aliphatic carbocycles. The first-order valence-corrected chi connectivity index (χ1v) is 8.41. The number of carbonyl (C=O) groups is 2. The highest BCUT2D eigenvalue weighted by atomic mass is 16.5. The molecule has 0 fully saturated rings. The van der Waals surface area contributed by atoms with Crippen LogP contribution in [-0.2, 0) is 0 Å². The summed E-state index contributed by atoms with van der Waals surface area (Å²) in [5, 5.41) is 8.91. The first-order chi connectivity index (χ1) is 13.0. The summed E-state index contributed by atoms with van der Waals surface area (Å²) in [6.45, 7) is 0.191. The van der Waals surface area contributed by atoms with Crippen LogP contribution in [0.15, 0.2) is 48.5 Å². The number of ether oxygens (including phenoxy) is 2. The third-order valence-corrected chi connectivity index (χ3v) is 4.04. The van der Waals surface area contributed by atoms with Crippen LogP contribution < -0.4 is 9.47 Å². The van der Waals surface area contributed by atoms with Gasteiger partial charge in [0.2, 0.25) is 0 Å². The van der Waals surface area contributed by atoms with Gasteiger partial charge in [0.05, 0.1) is 26.4 Å². The molecular formula is C21H23NO5. The molecule has 1 N–H and O–H groups in total. The number of benzene rings is 2. The lowest BCUT2D eigenvalue weighted by molar-refractivity contribution is 0.0767.